The van der Waals surface area contributed by atoms with Gasteiger partial charge in [-0.25, -0.2) is 13.2 Å². The van der Waals surface area contributed by atoms with Crippen molar-refractivity contribution in [2.45, 2.75) is 43.2 Å². The van der Waals surface area contributed by atoms with Crippen molar-refractivity contribution in [2.24, 2.45) is 0 Å². The fourth-order valence-corrected chi connectivity index (χ4v) is 4.62. The van der Waals surface area contributed by atoms with Gasteiger partial charge in [-0.3, -0.25) is 4.79 Å². The van der Waals surface area contributed by atoms with Crippen molar-refractivity contribution in [3.05, 3.63) is 29.8 Å². The van der Waals surface area contributed by atoms with Gasteiger partial charge in [0.2, 0.25) is 10.0 Å². The van der Waals surface area contributed by atoms with Gasteiger partial charge in [0.15, 0.2) is 6.04 Å². The number of nitrogens with zero attached hydrogens (tertiary/aromatic N) is 1. The zero-order valence-electron chi connectivity index (χ0n) is 14.8. The maximum Gasteiger partial charge on any atom is 0.328 e. The topological polar surface area (TPSA) is 113 Å². The summed E-state index contributed by atoms with van der Waals surface area (Å²) in [4.78, 5) is 23.3. The molecule has 1 fully saturated rings. The van der Waals surface area contributed by atoms with E-state index in [4.69, 9.17) is 9.84 Å². The van der Waals surface area contributed by atoms with Gasteiger partial charge in [0.25, 0.3) is 5.91 Å². The van der Waals surface area contributed by atoms with Crippen LogP contribution in [0.3, 0.4) is 0 Å². The van der Waals surface area contributed by atoms with Gasteiger partial charge in [-0.15, -0.1) is 0 Å². The molecule has 0 bridgehead atoms. The van der Waals surface area contributed by atoms with Crippen LogP contribution in [0, 0.1) is 0 Å². The molecule has 0 aromatic heterocycles. The second-order valence-electron chi connectivity index (χ2n) is 6.30. The molecule has 1 amide bonds. The number of amides is 1. The zero-order valence-corrected chi connectivity index (χ0v) is 15.7. The van der Waals surface area contributed by atoms with E-state index in [2.05, 4.69) is 5.32 Å². The minimum absolute atomic E-state index is 0.0536. The Morgan fingerprint density at radius 1 is 1.31 bits per heavy atom. The Balaban J connectivity index is 2.14. The number of hydrogen-bond acceptors (Lipinski definition) is 5. The van der Waals surface area contributed by atoms with E-state index in [0.717, 1.165) is 19.3 Å². The summed E-state index contributed by atoms with van der Waals surface area (Å²) in [5, 5.41) is 11.4. The third-order valence-corrected chi connectivity index (χ3v) is 6.43. The number of rotatable bonds is 7. The van der Waals surface area contributed by atoms with Crippen LogP contribution < -0.4 is 5.32 Å². The van der Waals surface area contributed by atoms with Crippen molar-refractivity contribution < 1.29 is 27.9 Å². The quantitative estimate of drug-likeness (QED) is 0.727. The van der Waals surface area contributed by atoms with Gasteiger partial charge in [0.1, 0.15) is 0 Å². The van der Waals surface area contributed by atoms with Crippen molar-refractivity contribution in [1.82, 2.24) is 9.62 Å². The molecular formula is C17H24N2O6S. The largest absolute Gasteiger partial charge is 0.480 e. The molecule has 26 heavy (non-hydrogen) atoms. The highest BCUT2D eigenvalue weighted by molar-refractivity contribution is 7.89. The smallest absolute Gasteiger partial charge is 0.328 e. The van der Waals surface area contributed by atoms with Gasteiger partial charge in [-0.1, -0.05) is 6.42 Å². The van der Waals surface area contributed by atoms with Crippen LogP contribution in [0.2, 0.25) is 0 Å². The highest BCUT2D eigenvalue weighted by atomic mass is 32.2. The van der Waals surface area contributed by atoms with E-state index in [1.54, 1.807) is 0 Å². The molecule has 0 radical (unpaired) electrons. The lowest BCUT2D eigenvalue weighted by Crippen LogP contribution is -2.43. The number of carbonyl (C=O) groups excluding carboxylic acids is 1. The lowest BCUT2D eigenvalue weighted by Gasteiger charge is -2.32. The molecule has 144 valence electrons. The normalized spacial score (nSPS) is 19.7. The lowest BCUT2D eigenvalue weighted by atomic mass is 10.1. The van der Waals surface area contributed by atoms with E-state index in [1.807, 2.05) is 6.92 Å². The first kappa shape index (κ1) is 20.3. The average molecular weight is 384 g/mol. The number of carboxylic acid groups (broad SMARTS) is 1. The van der Waals surface area contributed by atoms with Crippen molar-refractivity contribution in [3.63, 3.8) is 0 Å². The van der Waals surface area contributed by atoms with Gasteiger partial charge in [0, 0.05) is 25.3 Å². The highest BCUT2D eigenvalue weighted by Crippen LogP contribution is 2.25. The molecule has 2 atom stereocenters. The third kappa shape index (κ3) is 4.60. The number of methoxy groups -OCH3 is 1. The summed E-state index contributed by atoms with van der Waals surface area (Å²) in [7, 11) is -2.27. The SMILES string of the molecule is COCC(NC(=O)c1ccc(S(=O)(=O)N2CCCCC2C)cc1)C(=O)O. The van der Waals surface area contributed by atoms with Crippen LogP contribution in [0.5, 0.6) is 0 Å². The van der Waals surface area contributed by atoms with Gasteiger partial charge >= 0.3 is 5.97 Å². The number of benzene rings is 1. The maximum absolute atomic E-state index is 12.8. The lowest BCUT2D eigenvalue weighted by molar-refractivity contribution is -0.140. The standard InChI is InChI=1S/C17H24N2O6S/c1-12-5-3-4-10-19(12)26(23,24)14-8-6-13(7-9-14)16(20)18-15(11-25-2)17(21)22/h6-9,12,15H,3-5,10-11H2,1-2H3,(H,18,20)(H,21,22). The first-order chi connectivity index (χ1) is 12.3. The fourth-order valence-electron chi connectivity index (χ4n) is 2.93. The van der Waals surface area contributed by atoms with Crippen molar-refractivity contribution in [3.8, 4) is 0 Å². The van der Waals surface area contributed by atoms with Crippen LogP contribution in [-0.4, -0.2) is 62.1 Å². The molecule has 0 saturated carbocycles. The van der Waals surface area contributed by atoms with Gasteiger partial charge < -0.3 is 15.2 Å². The summed E-state index contributed by atoms with van der Waals surface area (Å²) in [6.45, 7) is 2.21. The minimum Gasteiger partial charge on any atom is -0.480 e. The molecule has 2 N–H and O–H groups in total. The third-order valence-electron chi connectivity index (χ3n) is 4.40. The Hall–Kier alpha value is -1.97. The monoisotopic (exact) mass is 384 g/mol. The summed E-state index contributed by atoms with van der Waals surface area (Å²) in [5.74, 6) is -1.82. The molecule has 9 heteroatoms. The molecule has 1 aromatic carbocycles. The number of ether oxygens (including phenoxy) is 1. The number of sulfonamides is 1. The molecule has 0 aliphatic carbocycles. The number of hydrogen-bond donors (Lipinski definition) is 2. The predicted molar refractivity (Wildman–Crippen MR) is 94.4 cm³/mol. The molecule has 1 aliphatic rings. The summed E-state index contributed by atoms with van der Waals surface area (Å²) >= 11 is 0. The van der Waals surface area contributed by atoms with Crippen molar-refractivity contribution >= 4 is 21.9 Å². The van der Waals surface area contributed by atoms with Crippen LogP contribution in [0.1, 0.15) is 36.5 Å². The van der Waals surface area contributed by atoms with Gasteiger partial charge in [0.05, 0.1) is 11.5 Å². The summed E-state index contributed by atoms with van der Waals surface area (Å²) in [6, 6.07) is 4.27. The molecular weight excluding hydrogens is 360 g/mol. The number of aliphatic carboxylic acids is 1. The van der Waals surface area contributed by atoms with E-state index in [0.29, 0.717) is 6.54 Å². The van der Waals surface area contributed by atoms with Crippen molar-refractivity contribution in [1.29, 1.82) is 0 Å². The van der Waals surface area contributed by atoms with E-state index in [9.17, 15) is 18.0 Å². The van der Waals surface area contributed by atoms with E-state index in [1.165, 1.54) is 35.7 Å². The number of piperidine rings is 1. The molecule has 0 spiro atoms. The number of carbonyl (C=O) groups is 2. The number of nitrogens with one attached hydrogen (secondary N) is 1. The molecule has 8 nitrogen and oxygen atoms in total. The second-order valence-corrected chi connectivity index (χ2v) is 8.20. The Kier molecular flexibility index (Phi) is 6.74. The summed E-state index contributed by atoms with van der Waals surface area (Å²) in [6.07, 6.45) is 2.68. The average Bonchev–Trinajstić information content (AvgIpc) is 2.61. The maximum atomic E-state index is 12.8. The van der Waals surface area contributed by atoms with Gasteiger partial charge in [-0.05, 0) is 44.0 Å². The number of carboxylic acids is 1. The molecule has 1 heterocycles. The Morgan fingerprint density at radius 2 is 1.96 bits per heavy atom. The second kappa shape index (κ2) is 8.61. The Labute approximate surface area is 153 Å². The zero-order chi connectivity index (χ0) is 19.3. The first-order valence-electron chi connectivity index (χ1n) is 8.42. The van der Waals surface area contributed by atoms with E-state index in [-0.39, 0.29) is 23.1 Å². The van der Waals surface area contributed by atoms with Crippen LogP contribution >= 0.6 is 0 Å². The fraction of sp³-hybridized carbons (Fsp3) is 0.529. The van der Waals surface area contributed by atoms with Crippen molar-refractivity contribution in [2.75, 3.05) is 20.3 Å². The highest BCUT2D eigenvalue weighted by Gasteiger charge is 2.31. The predicted octanol–water partition coefficient (Wildman–Crippen LogP) is 1.08. The summed E-state index contributed by atoms with van der Waals surface area (Å²) in [5.41, 5.74) is 0.179. The molecule has 1 saturated heterocycles. The van der Waals surface area contributed by atoms with Crippen LogP contribution in [0.25, 0.3) is 0 Å². The summed E-state index contributed by atoms with van der Waals surface area (Å²) < 4.78 is 31.8. The van der Waals surface area contributed by atoms with Crippen LogP contribution in [-0.2, 0) is 19.6 Å². The Morgan fingerprint density at radius 3 is 2.50 bits per heavy atom. The Bertz CT molecular complexity index is 747. The molecule has 1 aliphatic heterocycles. The van der Waals surface area contributed by atoms with E-state index < -0.39 is 27.9 Å². The first-order valence-corrected chi connectivity index (χ1v) is 9.86. The van der Waals surface area contributed by atoms with Crippen LogP contribution in [0.4, 0.5) is 0 Å². The minimum atomic E-state index is -3.61. The molecule has 1 aromatic rings. The van der Waals surface area contributed by atoms with E-state index >= 15 is 0 Å². The van der Waals surface area contributed by atoms with Gasteiger partial charge in [-0.2, -0.15) is 4.31 Å². The molecule has 2 rings (SSSR count). The molecule has 2 unspecified atom stereocenters. The van der Waals surface area contributed by atoms with Crippen LogP contribution in [0.15, 0.2) is 29.2 Å².